The molecule has 0 aliphatic heterocycles. The fraction of sp³-hybridized carbons (Fsp3) is 0.562. The summed E-state index contributed by atoms with van der Waals surface area (Å²) in [7, 11) is 0. The second kappa shape index (κ2) is 6.75. The third-order valence-electron chi connectivity index (χ3n) is 3.75. The molecule has 0 spiro atoms. The number of hydrogen-bond donors (Lipinski definition) is 2. The van der Waals surface area contributed by atoms with Crippen molar-refractivity contribution in [2.24, 2.45) is 16.8 Å². The normalized spacial score (nSPS) is 17.7. The number of oxime groups is 1. The van der Waals surface area contributed by atoms with Crippen molar-refractivity contribution in [1.29, 1.82) is 0 Å². The van der Waals surface area contributed by atoms with Crippen LogP contribution in [-0.2, 0) is 0 Å². The monoisotopic (exact) mass is 275 g/mol. The molecule has 0 aromatic heterocycles. The Bertz CT molecular complexity index is 440. The molecule has 0 radical (unpaired) electrons. The zero-order chi connectivity index (χ0) is 14.5. The Morgan fingerprint density at radius 1 is 1.30 bits per heavy atom. The molecule has 3 N–H and O–H groups in total. The van der Waals surface area contributed by atoms with E-state index < -0.39 is 0 Å². The molecule has 1 aromatic rings. The van der Waals surface area contributed by atoms with E-state index in [4.69, 9.17) is 10.9 Å². The first-order valence-corrected chi connectivity index (χ1v) is 7.38. The third kappa shape index (κ3) is 3.97. The molecule has 0 bridgehead atoms. The van der Waals surface area contributed by atoms with Crippen LogP contribution < -0.4 is 5.73 Å². The van der Waals surface area contributed by atoms with Crippen molar-refractivity contribution in [3.63, 3.8) is 0 Å². The molecule has 2 rings (SSSR count). The van der Waals surface area contributed by atoms with Crippen LogP contribution in [0.4, 0.5) is 0 Å². The van der Waals surface area contributed by atoms with Gasteiger partial charge in [0.25, 0.3) is 0 Å². The quantitative estimate of drug-likeness (QED) is 0.348. The standard InChI is InChI=1S/C16H25N3O/c1-12(2)10-19(14-8-9-14)11-15(16(17)18-20)13-6-4-3-5-7-13/h3-7,12,14-15,20H,8-11H2,1-2H3,(H2,17,18). The summed E-state index contributed by atoms with van der Waals surface area (Å²) in [6.07, 6.45) is 2.54. The zero-order valence-corrected chi connectivity index (χ0v) is 12.4. The van der Waals surface area contributed by atoms with E-state index in [0.717, 1.165) is 18.7 Å². The second-order valence-corrected chi connectivity index (χ2v) is 6.07. The minimum absolute atomic E-state index is 0.0412. The Labute approximate surface area is 121 Å². The van der Waals surface area contributed by atoms with Crippen molar-refractivity contribution in [3.05, 3.63) is 35.9 Å². The summed E-state index contributed by atoms with van der Waals surface area (Å²) < 4.78 is 0. The van der Waals surface area contributed by atoms with Crippen LogP contribution in [0.1, 0.15) is 38.2 Å². The number of nitrogens with zero attached hydrogens (tertiary/aromatic N) is 2. The van der Waals surface area contributed by atoms with Gasteiger partial charge in [-0.1, -0.05) is 49.3 Å². The summed E-state index contributed by atoms with van der Waals surface area (Å²) in [4.78, 5) is 2.49. The summed E-state index contributed by atoms with van der Waals surface area (Å²) in [5, 5.41) is 12.3. The molecule has 1 aromatic carbocycles. The lowest BCUT2D eigenvalue weighted by Crippen LogP contribution is -2.38. The number of nitrogens with two attached hydrogens (primary N) is 1. The highest BCUT2D eigenvalue weighted by Crippen LogP contribution is 2.30. The summed E-state index contributed by atoms with van der Waals surface area (Å²) in [5.41, 5.74) is 7.03. The van der Waals surface area contributed by atoms with E-state index in [-0.39, 0.29) is 5.92 Å². The van der Waals surface area contributed by atoms with Crippen LogP contribution in [0.2, 0.25) is 0 Å². The fourth-order valence-corrected chi connectivity index (χ4v) is 2.64. The summed E-state index contributed by atoms with van der Waals surface area (Å²) in [5.74, 6) is 0.880. The first kappa shape index (κ1) is 14.9. The van der Waals surface area contributed by atoms with E-state index in [1.807, 2.05) is 30.3 Å². The largest absolute Gasteiger partial charge is 0.409 e. The van der Waals surface area contributed by atoms with E-state index in [0.29, 0.717) is 17.8 Å². The average Bonchev–Trinajstić information content (AvgIpc) is 3.27. The molecule has 1 fully saturated rings. The molecular weight excluding hydrogens is 250 g/mol. The minimum atomic E-state index is -0.0412. The maximum atomic E-state index is 9.06. The highest BCUT2D eigenvalue weighted by molar-refractivity contribution is 5.87. The summed E-state index contributed by atoms with van der Waals surface area (Å²) in [6, 6.07) is 10.7. The van der Waals surface area contributed by atoms with Gasteiger partial charge in [0.15, 0.2) is 0 Å². The smallest absolute Gasteiger partial charge is 0.147 e. The molecule has 1 saturated carbocycles. The van der Waals surface area contributed by atoms with Gasteiger partial charge in [-0.25, -0.2) is 0 Å². The molecule has 20 heavy (non-hydrogen) atoms. The molecule has 0 saturated heterocycles. The van der Waals surface area contributed by atoms with Crippen molar-refractivity contribution in [2.45, 2.75) is 38.6 Å². The summed E-state index contributed by atoms with van der Waals surface area (Å²) >= 11 is 0. The Morgan fingerprint density at radius 3 is 2.45 bits per heavy atom. The van der Waals surface area contributed by atoms with E-state index in [1.165, 1.54) is 12.8 Å². The van der Waals surface area contributed by atoms with Crippen LogP contribution in [0, 0.1) is 5.92 Å². The van der Waals surface area contributed by atoms with Gasteiger partial charge in [0, 0.05) is 19.1 Å². The predicted octanol–water partition coefficient (Wildman–Crippen LogP) is 2.64. The first-order chi connectivity index (χ1) is 9.61. The first-order valence-electron chi connectivity index (χ1n) is 7.38. The summed E-state index contributed by atoms with van der Waals surface area (Å²) in [6.45, 7) is 6.35. The van der Waals surface area contributed by atoms with Crippen LogP contribution in [-0.4, -0.2) is 35.1 Å². The highest BCUT2D eigenvalue weighted by Gasteiger charge is 2.32. The molecule has 1 aliphatic rings. The molecular formula is C16H25N3O. The van der Waals surface area contributed by atoms with Crippen LogP contribution in [0.15, 0.2) is 35.5 Å². The number of hydrogen-bond acceptors (Lipinski definition) is 3. The van der Waals surface area contributed by atoms with Crippen LogP contribution in [0.5, 0.6) is 0 Å². The van der Waals surface area contributed by atoms with E-state index in [9.17, 15) is 0 Å². The van der Waals surface area contributed by atoms with Crippen molar-refractivity contribution in [1.82, 2.24) is 4.90 Å². The van der Waals surface area contributed by atoms with Gasteiger partial charge in [-0.2, -0.15) is 0 Å². The van der Waals surface area contributed by atoms with Gasteiger partial charge < -0.3 is 10.9 Å². The van der Waals surface area contributed by atoms with Gasteiger partial charge in [-0.3, -0.25) is 4.90 Å². The van der Waals surface area contributed by atoms with Gasteiger partial charge in [0.05, 0.1) is 5.92 Å². The van der Waals surface area contributed by atoms with Crippen molar-refractivity contribution in [2.75, 3.05) is 13.1 Å². The van der Waals surface area contributed by atoms with Gasteiger partial charge in [-0.05, 0) is 24.3 Å². The second-order valence-electron chi connectivity index (χ2n) is 6.07. The Morgan fingerprint density at radius 2 is 1.95 bits per heavy atom. The van der Waals surface area contributed by atoms with Gasteiger partial charge >= 0.3 is 0 Å². The molecule has 110 valence electrons. The third-order valence-corrected chi connectivity index (χ3v) is 3.75. The Balaban J connectivity index is 2.14. The van der Waals surface area contributed by atoms with Crippen molar-refractivity contribution < 1.29 is 5.21 Å². The van der Waals surface area contributed by atoms with Crippen LogP contribution in [0.25, 0.3) is 0 Å². The minimum Gasteiger partial charge on any atom is -0.409 e. The molecule has 1 unspecified atom stereocenters. The molecule has 1 atom stereocenters. The van der Waals surface area contributed by atoms with E-state index >= 15 is 0 Å². The highest BCUT2D eigenvalue weighted by atomic mass is 16.4. The maximum Gasteiger partial charge on any atom is 0.147 e. The van der Waals surface area contributed by atoms with Crippen LogP contribution >= 0.6 is 0 Å². The van der Waals surface area contributed by atoms with Crippen molar-refractivity contribution >= 4 is 5.84 Å². The Kier molecular flexibility index (Phi) is 5.01. The van der Waals surface area contributed by atoms with E-state index in [2.05, 4.69) is 23.9 Å². The number of amidine groups is 1. The molecule has 0 heterocycles. The van der Waals surface area contributed by atoms with Crippen molar-refractivity contribution in [3.8, 4) is 0 Å². The average molecular weight is 275 g/mol. The Hall–Kier alpha value is -1.55. The maximum absolute atomic E-state index is 9.06. The SMILES string of the molecule is CC(C)CN(CC(C(N)=NO)c1ccccc1)C1CC1. The zero-order valence-electron chi connectivity index (χ0n) is 12.4. The number of benzene rings is 1. The lowest BCUT2D eigenvalue weighted by atomic mass is 9.97. The van der Waals surface area contributed by atoms with E-state index in [1.54, 1.807) is 0 Å². The topological polar surface area (TPSA) is 61.8 Å². The van der Waals surface area contributed by atoms with Crippen LogP contribution in [0.3, 0.4) is 0 Å². The predicted molar refractivity (Wildman–Crippen MR) is 82.0 cm³/mol. The lowest BCUT2D eigenvalue weighted by Gasteiger charge is -2.28. The molecule has 0 amide bonds. The van der Waals surface area contributed by atoms with Gasteiger partial charge in [0.2, 0.25) is 0 Å². The molecule has 1 aliphatic carbocycles. The molecule has 4 nitrogen and oxygen atoms in total. The fourth-order valence-electron chi connectivity index (χ4n) is 2.64. The van der Waals surface area contributed by atoms with Gasteiger partial charge in [-0.15, -0.1) is 0 Å². The van der Waals surface area contributed by atoms with Gasteiger partial charge in [0.1, 0.15) is 5.84 Å². The number of rotatable bonds is 7. The molecule has 4 heteroatoms. The lowest BCUT2D eigenvalue weighted by molar-refractivity contribution is 0.230.